The third-order valence-corrected chi connectivity index (χ3v) is 4.91. The van der Waals surface area contributed by atoms with Gasteiger partial charge in [-0.1, -0.05) is 48.0 Å². The molecule has 0 saturated carbocycles. The van der Waals surface area contributed by atoms with Gasteiger partial charge in [0.2, 0.25) is 0 Å². The first-order chi connectivity index (χ1) is 15.6. The number of amides is 2. The summed E-state index contributed by atoms with van der Waals surface area (Å²) < 4.78 is 0. The summed E-state index contributed by atoms with van der Waals surface area (Å²) in [6.45, 7) is 1.93. The average molecular weight is 422 g/mol. The molecule has 0 heterocycles. The van der Waals surface area contributed by atoms with E-state index in [4.69, 9.17) is 0 Å². The Bertz CT molecular complexity index is 1240. The van der Waals surface area contributed by atoms with Gasteiger partial charge in [0.05, 0.1) is 11.3 Å². The van der Waals surface area contributed by atoms with Crippen LogP contribution in [0.4, 0.5) is 22.7 Å². The number of carbonyl (C=O) groups is 2. The quantitative estimate of drug-likeness (QED) is 0.345. The van der Waals surface area contributed by atoms with Crippen LogP contribution in [0.15, 0.2) is 103 Å². The fourth-order valence-corrected chi connectivity index (χ4v) is 3.29. The molecule has 0 fully saturated rings. The lowest BCUT2D eigenvalue weighted by molar-refractivity contribution is 0.102. The first kappa shape index (κ1) is 20.9. The van der Waals surface area contributed by atoms with Gasteiger partial charge in [0.25, 0.3) is 11.8 Å². The van der Waals surface area contributed by atoms with Crippen LogP contribution in [-0.2, 0) is 0 Å². The van der Waals surface area contributed by atoms with Gasteiger partial charge in [-0.05, 0) is 67.6 Å². The van der Waals surface area contributed by atoms with Gasteiger partial charge in [-0.3, -0.25) is 9.59 Å². The Morgan fingerprint density at radius 1 is 0.594 bits per heavy atom. The monoisotopic (exact) mass is 421 g/mol. The fourth-order valence-electron chi connectivity index (χ4n) is 3.29. The Kier molecular flexibility index (Phi) is 6.28. The Balaban J connectivity index is 1.45. The predicted octanol–water partition coefficient (Wildman–Crippen LogP) is 6.24. The highest BCUT2D eigenvalue weighted by molar-refractivity contribution is 6.12. The molecule has 5 nitrogen and oxygen atoms in total. The molecule has 0 aromatic heterocycles. The van der Waals surface area contributed by atoms with Gasteiger partial charge in [0.1, 0.15) is 0 Å². The molecule has 0 saturated heterocycles. The maximum Gasteiger partial charge on any atom is 0.257 e. The van der Waals surface area contributed by atoms with Crippen molar-refractivity contribution in [3.8, 4) is 0 Å². The van der Waals surface area contributed by atoms with Crippen LogP contribution in [-0.4, -0.2) is 11.8 Å². The SMILES string of the molecule is Cc1cccc(C(=O)Nc2ccccc2C(=O)Nc2ccc(Nc3ccccc3)cc2)c1. The summed E-state index contributed by atoms with van der Waals surface area (Å²) in [6.07, 6.45) is 0. The third-order valence-electron chi connectivity index (χ3n) is 4.91. The predicted molar refractivity (Wildman–Crippen MR) is 130 cm³/mol. The molecule has 3 N–H and O–H groups in total. The summed E-state index contributed by atoms with van der Waals surface area (Å²) in [7, 11) is 0. The highest BCUT2D eigenvalue weighted by Crippen LogP contribution is 2.21. The van der Waals surface area contributed by atoms with E-state index in [1.165, 1.54) is 0 Å². The van der Waals surface area contributed by atoms with Crippen molar-refractivity contribution < 1.29 is 9.59 Å². The molecule has 2 amide bonds. The molecule has 4 rings (SSSR count). The van der Waals surface area contributed by atoms with Crippen molar-refractivity contribution in [2.45, 2.75) is 6.92 Å². The van der Waals surface area contributed by atoms with E-state index >= 15 is 0 Å². The lowest BCUT2D eigenvalue weighted by Gasteiger charge is -2.12. The Labute approximate surface area is 187 Å². The molecule has 4 aromatic rings. The van der Waals surface area contributed by atoms with Gasteiger partial charge in [-0.15, -0.1) is 0 Å². The summed E-state index contributed by atoms with van der Waals surface area (Å²) >= 11 is 0. The van der Waals surface area contributed by atoms with Crippen molar-refractivity contribution in [3.05, 3.63) is 120 Å². The standard InChI is InChI=1S/C27H23N3O2/c1-19-8-7-9-20(18-19)26(31)30-25-13-6-5-12-24(25)27(32)29-23-16-14-22(15-17-23)28-21-10-3-2-4-11-21/h2-18,28H,1H3,(H,29,32)(H,30,31). The van der Waals surface area contributed by atoms with Gasteiger partial charge in [-0.25, -0.2) is 0 Å². The molecule has 0 unspecified atom stereocenters. The number of para-hydroxylation sites is 2. The maximum absolute atomic E-state index is 12.9. The van der Waals surface area contributed by atoms with Crippen LogP contribution >= 0.6 is 0 Å². The summed E-state index contributed by atoms with van der Waals surface area (Å²) in [4.78, 5) is 25.5. The molecule has 0 aliphatic heterocycles. The summed E-state index contributed by atoms with van der Waals surface area (Å²) in [5, 5.41) is 9.05. The van der Waals surface area contributed by atoms with Crippen LogP contribution in [0.1, 0.15) is 26.3 Å². The van der Waals surface area contributed by atoms with E-state index in [0.717, 1.165) is 16.9 Å². The number of rotatable bonds is 6. The van der Waals surface area contributed by atoms with Crippen LogP contribution in [0.25, 0.3) is 0 Å². The number of aryl methyl sites for hydroxylation is 1. The van der Waals surface area contributed by atoms with Crippen LogP contribution < -0.4 is 16.0 Å². The molecule has 5 heteroatoms. The van der Waals surface area contributed by atoms with Crippen LogP contribution in [0.5, 0.6) is 0 Å². The smallest absolute Gasteiger partial charge is 0.257 e. The number of benzene rings is 4. The fraction of sp³-hybridized carbons (Fsp3) is 0.0370. The first-order valence-electron chi connectivity index (χ1n) is 10.3. The van der Waals surface area contributed by atoms with Gasteiger partial charge in [-0.2, -0.15) is 0 Å². The zero-order valence-corrected chi connectivity index (χ0v) is 17.6. The van der Waals surface area contributed by atoms with Crippen molar-refractivity contribution in [2.75, 3.05) is 16.0 Å². The van der Waals surface area contributed by atoms with E-state index in [-0.39, 0.29) is 11.8 Å². The summed E-state index contributed by atoms with van der Waals surface area (Å²) in [6, 6.07) is 31.6. The minimum atomic E-state index is -0.297. The van der Waals surface area contributed by atoms with Crippen molar-refractivity contribution in [1.29, 1.82) is 0 Å². The zero-order valence-electron chi connectivity index (χ0n) is 17.6. The molecule has 32 heavy (non-hydrogen) atoms. The van der Waals surface area contributed by atoms with E-state index in [9.17, 15) is 9.59 Å². The van der Waals surface area contributed by atoms with Crippen molar-refractivity contribution >= 4 is 34.6 Å². The number of hydrogen-bond acceptors (Lipinski definition) is 3. The van der Waals surface area contributed by atoms with Crippen LogP contribution in [0, 0.1) is 6.92 Å². The molecule has 0 atom stereocenters. The molecule has 0 aliphatic rings. The second-order valence-electron chi connectivity index (χ2n) is 7.39. The lowest BCUT2D eigenvalue weighted by atomic mass is 10.1. The maximum atomic E-state index is 12.9. The van der Waals surface area contributed by atoms with Crippen LogP contribution in [0.2, 0.25) is 0 Å². The first-order valence-corrected chi connectivity index (χ1v) is 10.3. The van der Waals surface area contributed by atoms with E-state index < -0.39 is 0 Å². The minimum Gasteiger partial charge on any atom is -0.356 e. The van der Waals surface area contributed by atoms with E-state index in [2.05, 4.69) is 16.0 Å². The van der Waals surface area contributed by atoms with E-state index in [0.29, 0.717) is 22.5 Å². The Hall–Kier alpha value is -4.38. The largest absolute Gasteiger partial charge is 0.356 e. The Morgan fingerprint density at radius 2 is 1.25 bits per heavy atom. The Morgan fingerprint density at radius 3 is 2.00 bits per heavy atom. The zero-order chi connectivity index (χ0) is 22.3. The highest BCUT2D eigenvalue weighted by atomic mass is 16.2. The average Bonchev–Trinajstić information content (AvgIpc) is 2.81. The van der Waals surface area contributed by atoms with Crippen molar-refractivity contribution in [1.82, 2.24) is 0 Å². The topological polar surface area (TPSA) is 70.2 Å². The van der Waals surface area contributed by atoms with Crippen LogP contribution in [0.3, 0.4) is 0 Å². The van der Waals surface area contributed by atoms with Crippen molar-refractivity contribution in [3.63, 3.8) is 0 Å². The molecule has 158 valence electrons. The van der Waals surface area contributed by atoms with Gasteiger partial charge >= 0.3 is 0 Å². The molecular formula is C27H23N3O2. The minimum absolute atomic E-state index is 0.259. The molecular weight excluding hydrogens is 398 g/mol. The van der Waals surface area contributed by atoms with Gasteiger partial charge in [0, 0.05) is 22.6 Å². The van der Waals surface area contributed by atoms with Crippen molar-refractivity contribution in [2.24, 2.45) is 0 Å². The van der Waals surface area contributed by atoms with Gasteiger partial charge in [0.15, 0.2) is 0 Å². The molecule has 0 bridgehead atoms. The second-order valence-corrected chi connectivity index (χ2v) is 7.39. The molecule has 0 aliphatic carbocycles. The second kappa shape index (κ2) is 9.62. The molecule has 0 radical (unpaired) electrons. The molecule has 0 spiro atoms. The summed E-state index contributed by atoms with van der Waals surface area (Å²) in [5.74, 6) is -0.556. The number of nitrogens with one attached hydrogen (secondary N) is 3. The van der Waals surface area contributed by atoms with E-state index in [1.54, 1.807) is 30.3 Å². The number of hydrogen-bond donors (Lipinski definition) is 3. The highest BCUT2D eigenvalue weighted by Gasteiger charge is 2.14. The summed E-state index contributed by atoms with van der Waals surface area (Å²) in [5.41, 5.74) is 4.95. The number of anilines is 4. The molecule has 4 aromatic carbocycles. The normalized spacial score (nSPS) is 10.3. The lowest BCUT2D eigenvalue weighted by Crippen LogP contribution is -2.18. The third kappa shape index (κ3) is 5.21. The van der Waals surface area contributed by atoms with Gasteiger partial charge < -0.3 is 16.0 Å². The number of carbonyl (C=O) groups excluding carboxylic acids is 2. The van der Waals surface area contributed by atoms with E-state index in [1.807, 2.05) is 79.7 Å².